The Morgan fingerprint density at radius 1 is 1.25 bits per heavy atom. The molecule has 0 aliphatic heterocycles. The molecule has 0 atom stereocenters. The summed E-state index contributed by atoms with van der Waals surface area (Å²) >= 11 is 0. The van der Waals surface area contributed by atoms with Crippen molar-refractivity contribution >= 4 is 6.29 Å². The smallest absolute Gasteiger partial charge is 0.124 e. The van der Waals surface area contributed by atoms with E-state index in [0.717, 1.165) is 18.4 Å². The maximum Gasteiger partial charge on any atom is 0.124 e. The summed E-state index contributed by atoms with van der Waals surface area (Å²) in [7, 11) is 0. The monoisotopic (exact) mass is 214 g/mol. The number of carbonyl (C=O) groups excluding carboxylic acids is 1. The number of benzene rings is 1. The van der Waals surface area contributed by atoms with E-state index in [4.69, 9.17) is 0 Å². The van der Waals surface area contributed by atoms with Gasteiger partial charge in [0.2, 0.25) is 0 Å². The summed E-state index contributed by atoms with van der Waals surface area (Å²) in [6, 6.07) is 8.36. The third-order valence-corrected chi connectivity index (χ3v) is 2.47. The number of aromatic nitrogens is 2. The van der Waals surface area contributed by atoms with Crippen LogP contribution in [0.4, 0.5) is 0 Å². The summed E-state index contributed by atoms with van der Waals surface area (Å²) in [6.45, 7) is 2.82. The van der Waals surface area contributed by atoms with Gasteiger partial charge in [0.05, 0.1) is 12.7 Å². The van der Waals surface area contributed by atoms with E-state index in [0.29, 0.717) is 6.42 Å². The predicted molar refractivity (Wildman–Crippen MR) is 62.3 cm³/mol. The summed E-state index contributed by atoms with van der Waals surface area (Å²) in [5.74, 6) is 0. The van der Waals surface area contributed by atoms with E-state index >= 15 is 0 Å². The molecule has 1 aromatic heterocycles. The van der Waals surface area contributed by atoms with Crippen molar-refractivity contribution in [3.8, 4) is 0 Å². The van der Waals surface area contributed by atoms with Gasteiger partial charge < -0.3 is 4.79 Å². The lowest BCUT2D eigenvalue weighted by Crippen LogP contribution is -1.99. The average Bonchev–Trinajstić information content (AvgIpc) is 2.70. The summed E-state index contributed by atoms with van der Waals surface area (Å²) in [4.78, 5) is 10.3. The highest BCUT2D eigenvalue weighted by Gasteiger charge is 1.99. The van der Waals surface area contributed by atoms with Gasteiger partial charge in [0.15, 0.2) is 0 Å². The number of hydrogen-bond acceptors (Lipinski definition) is 2. The first-order valence-electron chi connectivity index (χ1n) is 5.28. The minimum absolute atomic E-state index is 0.438. The van der Waals surface area contributed by atoms with Crippen LogP contribution in [0.25, 0.3) is 0 Å². The summed E-state index contributed by atoms with van der Waals surface area (Å²) < 4.78 is 1.85. The van der Waals surface area contributed by atoms with Gasteiger partial charge in [-0.3, -0.25) is 4.68 Å². The second-order valence-electron chi connectivity index (χ2n) is 3.90. The fraction of sp³-hybridized carbons (Fsp3) is 0.231. The summed E-state index contributed by atoms with van der Waals surface area (Å²) in [5.41, 5.74) is 3.43. The van der Waals surface area contributed by atoms with E-state index < -0.39 is 0 Å². The van der Waals surface area contributed by atoms with Gasteiger partial charge in [-0.05, 0) is 18.1 Å². The SMILES string of the molecule is Cc1ccc(Cn2cc(CC=O)cn2)cc1. The lowest BCUT2D eigenvalue weighted by Gasteiger charge is -2.01. The molecule has 3 nitrogen and oxygen atoms in total. The van der Waals surface area contributed by atoms with Gasteiger partial charge in [0, 0.05) is 12.6 Å². The third-order valence-electron chi connectivity index (χ3n) is 2.47. The van der Waals surface area contributed by atoms with E-state index in [1.165, 1.54) is 11.1 Å². The van der Waals surface area contributed by atoms with Gasteiger partial charge in [-0.25, -0.2) is 0 Å². The second kappa shape index (κ2) is 4.75. The van der Waals surface area contributed by atoms with Crippen molar-refractivity contribution in [2.75, 3.05) is 0 Å². The maximum atomic E-state index is 10.3. The van der Waals surface area contributed by atoms with Gasteiger partial charge in [0.1, 0.15) is 6.29 Å². The number of carbonyl (C=O) groups is 1. The lowest BCUT2D eigenvalue weighted by atomic mass is 10.1. The minimum atomic E-state index is 0.438. The molecule has 0 aliphatic rings. The van der Waals surface area contributed by atoms with Crippen LogP contribution in [-0.4, -0.2) is 16.1 Å². The first kappa shape index (κ1) is 10.6. The van der Waals surface area contributed by atoms with Crippen molar-refractivity contribution in [2.24, 2.45) is 0 Å². The molecular weight excluding hydrogens is 200 g/mol. The largest absolute Gasteiger partial charge is 0.303 e. The van der Waals surface area contributed by atoms with Crippen LogP contribution in [0, 0.1) is 6.92 Å². The number of nitrogens with zero attached hydrogens (tertiary/aromatic N) is 2. The molecule has 3 heteroatoms. The molecule has 0 saturated heterocycles. The Kier molecular flexibility index (Phi) is 3.15. The summed E-state index contributed by atoms with van der Waals surface area (Å²) in [6.07, 6.45) is 4.98. The summed E-state index contributed by atoms with van der Waals surface area (Å²) in [5, 5.41) is 4.21. The Balaban J connectivity index is 2.08. The first-order valence-corrected chi connectivity index (χ1v) is 5.28. The molecule has 16 heavy (non-hydrogen) atoms. The van der Waals surface area contributed by atoms with Gasteiger partial charge in [-0.15, -0.1) is 0 Å². The molecule has 2 rings (SSSR count). The third kappa shape index (κ3) is 2.57. The van der Waals surface area contributed by atoms with Crippen molar-refractivity contribution in [2.45, 2.75) is 19.9 Å². The molecule has 0 saturated carbocycles. The lowest BCUT2D eigenvalue weighted by molar-refractivity contribution is -0.107. The molecule has 0 fully saturated rings. The molecule has 0 spiro atoms. The second-order valence-corrected chi connectivity index (χ2v) is 3.90. The van der Waals surface area contributed by atoms with Crippen molar-refractivity contribution in [1.82, 2.24) is 9.78 Å². The quantitative estimate of drug-likeness (QED) is 0.729. The minimum Gasteiger partial charge on any atom is -0.303 e. The Morgan fingerprint density at radius 2 is 2.00 bits per heavy atom. The zero-order chi connectivity index (χ0) is 11.4. The molecule has 0 amide bonds. The fourth-order valence-corrected chi connectivity index (χ4v) is 1.58. The van der Waals surface area contributed by atoms with Crippen molar-refractivity contribution in [3.05, 3.63) is 53.3 Å². The Labute approximate surface area is 94.7 Å². The van der Waals surface area contributed by atoms with E-state index in [9.17, 15) is 4.79 Å². The van der Waals surface area contributed by atoms with Gasteiger partial charge >= 0.3 is 0 Å². The van der Waals surface area contributed by atoms with Crippen molar-refractivity contribution in [3.63, 3.8) is 0 Å². The molecule has 0 unspecified atom stereocenters. The molecule has 0 bridgehead atoms. The Hall–Kier alpha value is -1.90. The van der Waals surface area contributed by atoms with Crippen molar-refractivity contribution < 1.29 is 4.79 Å². The fourth-order valence-electron chi connectivity index (χ4n) is 1.58. The van der Waals surface area contributed by atoms with Gasteiger partial charge in [0.25, 0.3) is 0 Å². The molecular formula is C13H14N2O. The molecule has 1 aromatic carbocycles. The molecule has 0 N–H and O–H groups in total. The normalized spacial score (nSPS) is 10.3. The van der Waals surface area contributed by atoms with Crippen LogP contribution in [0.3, 0.4) is 0 Å². The highest BCUT2D eigenvalue weighted by atomic mass is 16.1. The van der Waals surface area contributed by atoms with Gasteiger partial charge in [-0.1, -0.05) is 29.8 Å². The number of aryl methyl sites for hydroxylation is 1. The molecule has 0 aliphatic carbocycles. The number of rotatable bonds is 4. The number of aldehydes is 1. The Bertz CT molecular complexity index is 471. The van der Waals surface area contributed by atoms with Crippen LogP contribution < -0.4 is 0 Å². The van der Waals surface area contributed by atoms with E-state index in [1.54, 1.807) is 6.20 Å². The van der Waals surface area contributed by atoms with Crippen molar-refractivity contribution in [1.29, 1.82) is 0 Å². The molecule has 0 radical (unpaired) electrons. The van der Waals surface area contributed by atoms with Crippen LogP contribution in [-0.2, 0) is 17.8 Å². The zero-order valence-electron chi connectivity index (χ0n) is 9.26. The van der Waals surface area contributed by atoms with Crippen LogP contribution in [0.5, 0.6) is 0 Å². The highest BCUT2D eigenvalue weighted by Crippen LogP contribution is 2.06. The van der Waals surface area contributed by atoms with E-state index in [1.807, 2.05) is 10.9 Å². The van der Waals surface area contributed by atoms with Crippen LogP contribution in [0.1, 0.15) is 16.7 Å². The highest BCUT2D eigenvalue weighted by molar-refractivity contribution is 5.54. The molecule has 2 aromatic rings. The maximum absolute atomic E-state index is 10.3. The van der Waals surface area contributed by atoms with Crippen LogP contribution in [0.15, 0.2) is 36.7 Å². The molecule has 1 heterocycles. The Morgan fingerprint density at radius 3 is 2.69 bits per heavy atom. The van der Waals surface area contributed by atoms with Crippen LogP contribution >= 0.6 is 0 Å². The topological polar surface area (TPSA) is 34.9 Å². The molecule has 82 valence electrons. The zero-order valence-corrected chi connectivity index (χ0v) is 9.26. The average molecular weight is 214 g/mol. The number of hydrogen-bond donors (Lipinski definition) is 0. The first-order chi connectivity index (χ1) is 7.78. The van der Waals surface area contributed by atoms with E-state index in [-0.39, 0.29) is 0 Å². The van der Waals surface area contributed by atoms with Crippen LogP contribution in [0.2, 0.25) is 0 Å². The van der Waals surface area contributed by atoms with Gasteiger partial charge in [-0.2, -0.15) is 5.10 Å². The van der Waals surface area contributed by atoms with E-state index in [2.05, 4.69) is 36.3 Å². The predicted octanol–water partition coefficient (Wildman–Crippen LogP) is 1.98. The standard InChI is InChI=1S/C13H14N2O/c1-11-2-4-12(5-3-11)9-15-10-13(6-7-16)8-14-15/h2-5,7-8,10H,6,9H2,1H3.